The van der Waals surface area contributed by atoms with Crippen molar-refractivity contribution in [3.63, 3.8) is 0 Å². The minimum Gasteiger partial charge on any atom is -0.497 e. The third-order valence-corrected chi connectivity index (χ3v) is 7.22. The zero-order chi connectivity index (χ0) is 24.0. The summed E-state index contributed by atoms with van der Waals surface area (Å²) in [7, 11) is 1.60. The Morgan fingerprint density at radius 3 is 2.49 bits per heavy atom. The molecule has 0 saturated heterocycles. The molecule has 3 aliphatic rings. The molecule has 0 radical (unpaired) electrons. The summed E-state index contributed by atoms with van der Waals surface area (Å²) in [6, 6.07) is 17.8. The molecule has 1 fully saturated rings. The second-order valence-corrected chi connectivity index (χ2v) is 9.23. The molecule has 35 heavy (non-hydrogen) atoms. The number of amides is 1. The molecule has 1 saturated carbocycles. The fourth-order valence-corrected chi connectivity index (χ4v) is 5.10. The first-order valence-electron chi connectivity index (χ1n) is 11.9. The standard InChI is InChI=1S/C27H25N5O3/c1-34-21-8-6-20(7-9-21)32-25-22(23(17-28)30-32)10-14-31(26(25)33)19-4-2-18(3-5-19)27(11-12-27)16-24-29-13-15-35-24/h2-9H,10-16H2,1H3. The fraction of sp³-hybridized carbons (Fsp3) is 0.333. The minimum absolute atomic E-state index is 0.107. The van der Waals surface area contributed by atoms with Crippen LogP contribution in [-0.4, -0.2) is 48.4 Å². The molecule has 0 spiro atoms. The van der Waals surface area contributed by atoms with Gasteiger partial charge < -0.3 is 14.4 Å². The lowest BCUT2D eigenvalue weighted by Gasteiger charge is -2.28. The lowest BCUT2D eigenvalue weighted by atomic mass is 9.92. The second kappa shape index (κ2) is 8.27. The molecule has 3 aromatic rings. The molecule has 2 aliphatic heterocycles. The second-order valence-electron chi connectivity index (χ2n) is 9.23. The van der Waals surface area contributed by atoms with E-state index < -0.39 is 0 Å². The first kappa shape index (κ1) is 21.4. The summed E-state index contributed by atoms with van der Waals surface area (Å²) in [6.45, 7) is 1.94. The van der Waals surface area contributed by atoms with Crippen LogP contribution in [0.25, 0.3) is 5.69 Å². The summed E-state index contributed by atoms with van der Waals surface area (Å²) in [5.41, 5.74) is 4.37. The van der Waals surface area contributed by atoms with Gasteiger partial charge in [0.05, 0.1) is 19.3 Å². The van der Waals surface area contributed by atoms with Crippen molar-refractivity contribution in [3.05, 3.63) is 71.0 Å². The number of aliphatic imine (C=N–C) groups is 1. The van der Waals surface area contributed by atoms with Gasteiger partial charge in [-0.1, -0.05) is 12.1 Å². The Morgan fingerprint density at radius 1 is 1.11 bits per heavy atom. The van der Waals surface area contributed by atoms with E-state index in [1.165, 1.54) is 5.56 Å². The maximum Gasteiger partial charge on any atom is 0.277 e. The van der Waals surface area contributed by atoms with Gasteiger partial charge in [-0.15, -0.1) is 0 Å². The molecule has 0 N–H and O–H groups in total. The van der Waals surface area contributed by atoms with Gasteiger partial charge in [-0.05, 0) is 61.2 Å². The average molecular weight is 468 g/mol. The van der Waals surface area contributed by atoms with Crippen molar-refractivity contribution in [2.45, 2.75) is 31.1 Å². The predicted octanol–water partition coefficient (Wildman–Crippen LogP) is 3.81. The zero-order valence-corrected chi connectivity index (χ0v) is 19.5. The molecule has 2 aromatic carbocycles. The van der Waals surface area contributed by atoms with E-state index in [4.69, 9.17) is 9.47 Å². The van der Waals surface area contributed by atoms with E-state index in [-0.39, 0.29) is 11.3 Å². The highest BCUT2D eigenvalue weighted by Gasteiger charge is 2.46. The highest BCUT2D eigenvalue weighted by atomic mass is 16.5. The summed E-state index contributed by atoms with van der Waals surface area (Å²) < 4.78 is 12.5. The first-order chi connectivity index (χ1) is 17.1. The van der Waals surface area contributed by atoms with Crippen molar-refractivity contribution < 1.29 is 14.3 Å². The van der Waals surface area contributed by atoms with Crippen molar-refractivity contribution >= 4 is 17.5 Å². The molecular formula is C27H25N5O3. The van der Waals surface area contributed by atoms with Gasteiger partial charge in [-0.3, -0.25) is 9.79 Å². The SMILES string of the molecule is COc1ccc(-n2nc(C#N)c3c2C(=O)N(c2ccc(C4(CC5=NCCO5)CC4)cc2)CC3)cc1. The van der Waals surface area contributed by atoms with Gasteiger partial charge in [-0.2, -0.15) is 10.4 Å². The number of aromatic nitrogens is 2. The Bertz CT molecular complexity index is 1360. The molecular weight excluding hydrogens is 442 g/mol. The van der Waals surface area contributed by atoms with E-state index in [1.54, 1.807) is 16.7 Å². The maximum absolute atomic E-state index is 13.7. The topological polar surface area (TPSA) is 92.7 Å². The zero-order valence-electron chi connectivity index (χ0n) is 19.5. The fourth-order valence-electron chi connectivity index (χ4n) is 5.10. The number of carbonyl (C=O) groups excluding carboxylic acids is 1. The molecule has 0 atom stereocenters. The van der Waals surface area contributed by atoms with Gasteiger partial charge >= 0.3 is 0 Å². The van der Waals surface area contributed by atoms with E-state index in [1.807, 2.05) is 36.4 Å². The summed E-state index contributed by atoms with van der Waals surface area (Å²) >= 11 is 0. The first-order valence-corrected chi connectivity index (χ1v) is 11.9. The average Bonchev–Trinajstić information content (AvgIpc) is 3.31. The van der Waals surface area contributed by atoms with Gasteiger partial charge in [0.25, 0.3) is 5.91 Å². The highest BCUT2D eigenvalue weighted by Crippen LogP contribution is 2.51. The molecule has 1 aromatic heterocycles. The number of nitrogens with zero attached hydrogens (tertiary/aromatic N) is 5. The van der Waals surface area contributed by atoms with Crippen molar-refractivity contribution in [2.75, 3.05) is 31.7 Å². The van der Waals surface area contributed by atoms with Crippen LogP contribution in [0.1, 0.15) is 46.6 Å². The van der Waals surface area contributed by atoms with Crippen LogP contribution in [0.3, 0.4) is 0 Å². The number of carbonyl (C=O) groups is 1. The number of nitriles is 1. The largest absolute Gasteiger partial charge is 0.497 e. The van der Waals surface area contributed by atoms with E-state index in [0.717, 1.165) is 37.4 Å². The van der Waals surface area contributed by atoms with Crippen molar-refractivity contribution in [1.29, 1.82) is 5.26 Å². The molecule has 6 rings (SSSR count). The van der Waals surface area contributed by atoms with Gasteiger partial charge in [-0.25, -0.2) is 4.68 Å². The lowest BCUT2D eigenvalue weighted by Crippen LogP contribution is -2.38. The minimum atomic E-state index is -0.154. The van der Waals surface area contributed by atoms with Crippen LogP contribution >= 0.6 is 0 Å². The van der Waals surface area contributed by atoms with E-state index >= 15 is 0 Å². The van der Waals surface area contributed by atoms with Crippen LogP contribution < -0.4 is 9.64 Å². The number of hydrogen-bond acceptors (Lipinski definition) is 6. The monoisotopic (exact) mass is 467 g/mol. The number of methoxy groups -OCH3 is 1. The molecule has 8 nitrogen and oxygen atoms in total. The number of rotatable bonds is 6. The van der Waals surface area contributed by atoms with E-state index in [2.05, 4.69) is 28.3 Å². The van der Waals surface area contributed by atoms with E-state index in [0.29, 0.717) is 48.0 Å². The van der Waals surface area contributed by atoms with Crippen molar-refractivity contribution in [1.82, 2.24) is 9.78 Å². The van der Waals surface area contributed by atoms with Gasteiger partial charge in [0.15, 0.2) is 11.6 Å². The highest BCUT2D eigenvalue weighted by molar-refractivity contribution is 6.07. The van der Waals surface area contributed by atoms with Crippen LogP contribution in [-0.2, 0) is 16.6 Å². The van der Waals surface area contributed by atoms with Crippen LogP contribution in [0.4, 0.5) is 5.69 Å². The predicted molar refractivity (Wildman–Crippen MR) is 130 cm³/mol. The number of benzene rings is 2. The lowest BCUT2D eigenvalue weighted by molar-refractivity contribution is 0.0973. The maximum atomic E-state index is 13.7. The van der Waals surface area contributed by atoms with Crippen LogP contribution in [0.5, 0.6) is 5.75 Å². The number of ether oxygens (including phenoxy) is 2. The molecule has 8 heteroatoms. The Labute approximate surface area is 203 Å². The van der Waals surface area contributed by atoms with Crippen LogP contribution in [0.15, 0.2) is 53.5 Å². The quantitative estimate of drug-likeness (QED) is 0.550. The van der Waals surface area contributed by atoms with Gasteiger partial charge in [0.1, 0.15) is 24.1 Å². The van der Waals surface area contributed by atoms with E-state index in [9.17, 15) is 10.1 Å². The molecule has 1 aliphatic carbocycles. The molecule has 3 heterocycles. The smallest absolute Gasteiger partial charge is 0.277 e. The Balaban J connectivity index is 1.29. The number of fused-ring (bicyclic) bond motifs is 1. The molecule has 1 amide bonds. The third kappa shape index (κ3) is 3.64. The molecule has 0 unspecified atom stereocenters. The molecule has 0 bridgehead atoms. The van der Waals surface area contributed by atoms with Gasteiger partial charge in [0, 0.05) is 29.6 Å². The number of hydrogen-bond donors (Lipinski definition) is 0. The normalized spacial score (nSPS) is 17.9. The van der Waals surface area contributed by atoms with Crippen molar-refractivity contribution in [3.8, 4) is 17.5 Å². The Morgan fingerprint density at radius 2 is 1.86 bits per heavy atom. The Kier molecular flexibility index (Phi) is 5.06. The number of anilines is 1. The van der Waals surface area contributed by atoms with Gasteiger partial charge in [0.2, 0.25) is 0 Å². The summed E-state index contributed by atoms with van der Waals surface area (Å²) in [5.74, 6) is 1.42. The third-order valence-electron chi connectivity index (χ3n) is 7.22. The van der Waals surface area contributed by atoms with Crippen molar-refractivity contribution in [2.24, 2.45) is 4.99 Å². The molecule has 176 valence electrons. The summed E-state index contributed by atoms with van der Waals surface area (Å²) in [5, 5.41) is 14.1. The van der Waals surface area contributed by atoms with Crippen LogP contribution in [0.2, 0.25) is 0 Å². The Hall–Kier alpha value is -4.12. The summed E-state index contributed by atoms with van der Waals surface area (Å²) in [6.07, 6.45) is 3.66. The summed E-state index contributed by atoms with van der Waals surface area (Å²) in [4.78, 5) is 19.9. The van der Waals surface area contributed by atoms with Crippen LogP contribution in [0, 0.1) is 11.3 Å².